The molecule has 0 aromatic heterocycles. The number of amides is 2. The Morgan fingerprint density at radius 1 is 1.33 bits per heavy atom. The number of carbonyl (C=O) groups is 2. The molecule has 2 fully saturated rings. The summed E-state index contributed by atoms with van der Waals surface area (Å²) >= 11 is 0. The third-order valence-corrected chi connectivity index (χ3v) is 4.92. The lowest BCUT2D eigenvalue weighted by Crippen LogP contribution is -2.69. The van der Waals surface area contributed by atoms with Crippen LogP contribution in [0.3, 0.4) is 0 Å². The van der Waals surface area contributed by atoms with E-state index in [9.17, 15) is 9.59 Å². The lowest BCUT2D eigenvalue weighted by atomic mass is 9.89. The van der Waals surface area contributed by atoms with Crippen molar-refractivity contribution in [2.24, 2.45) is 0 Å². The number of rotatable bonds is 6. The molecular formula is C16H28N2O3. The number of nitrogens with zero attached hydrogens (tertiary/aromatic N) is 1. The van der Waals surface area contributed by atoms with E-state index in [0.717, 1.165) is 32.3 Å². The van der Waals surface area contributed by atoms with E-state index in [4.69, 9.17) is 4.74 Å². The Bertz CT molecular complexity index is 393. The summed E-state index contributed by atoms with van der Waals surface area (Å²) in [5.74, 6) is 0.0502. The minimum absolute atomic E-state index is 0.0182. The summed E-state index contributed by atoms with van der Waals surface area (Å²) in [6, 6.07) is -0.355. The van der Waals surface area contributed by atoms with E-state index in [1.165, 1.54) is 0 Å². The maximum Gasteiger partial charge on any atom is 0.246 e. The molecule has 120 valence electrons. The van der Waals surface area contributed by atoms with Crippen LogP contribution in [0.4, 0.5) is 0 Å². The molecule has 0 aliphatic carbocycles. The van der Waals surface area contributed by atoms with Crippen molar-refractivity contribution < 1.29 is 14.3 Å². The van der Waals surface area contributed by atoms with Crippen LogP contribution in [0.25, 0.3) is 0 Å². The third-order valence-electron chi connectivity index (χ3n) is 4.92. The molecular weight excluding hydrogens is 268 g/mol. The maximum atomic E-state index is 12.7. The Hall–Kier alpha value is -1.10. The highest BCUT2D eigenvalue weighted by Gasteiger charge is 2.47. The van der Waals surface area contributed by atoms with E-state index in [1.54, 1.807) is 4.90 Å². The summed E-state index contributed by atoms with van der Waals surface area (Å²) < 4.78 is 5.64. The molecule has 3 atom stereocenters. The zero-order chi connectivity index (χ0) is 15.5. The molecule has 1 N–H and O–H groups in total. The molecule has 2 amide bonds. The van der Waals surface area contributed by atoms with Gasteiger partial charge in [-0.3, -0.25) is 9.59 Å². The second kappa shape index (κ2) is 6.77. The summed E-state index contributed by atoms with van der Waals surface area (Å²) in [5.41, 5.74) is -0.722. The van der Waals surface area contributed by atoms with Crippen LogP contribution in [0.2, 0.25) is 0 Å². The molecule has 2 heterocycles. The first-order valence-electron chi connectivity index (χ1n) is 8.27. The minimum atomic E-state index is -0.722. The molecule has 3 unspecified atom stereocenters. The van der Waals surface area contributed by atoms with Crippen LogP contribution in [0.5, 0.6) is 0 Å². The lowest BCUT2D eigenvalue weighted by Gasteiger charge is -2.46. The van der Waals surface area contributed by atoms with Crippen molar-refractivity contribution in [2.45, 2.75) is 77.0 Å². The number of carbonyl (C=O) groups excluding carboxylic acids is 2. The molecule has 0 bridgehead atoms. The van der Waals surface area contributed by atoms with Crippen LogP contribution in [0.1, 0.15) is 59.3 Å². The zero-order valence-electron chi connectivity index (χ0n) is 13.5. The molecule has 2 aliphatic rings. The Morgan fingerprint density at radius 2 is 2.10 bits per heavy atom. The van der Waals surface area contributed by atoms with Crippen LogP contribution in [-0.2, 0) is 14.3 Å². The van der Waals surface area contributed by atoms with Gasteiger partial charge in [-0.05, 0) is 39.0 Å². The molecule has 0 radical (unpaired) electrons. The van der Waals surface area contributed by atoms with Gasteiger partial charge in [-0.15, -0.1) is 0 Å². The number of hydrogen-bond donors (Lipinski definition) is 1. The molecule has 0 aromatic carbocycles. The van der Waals surface area contributed by atoms with Gasteiger partial charge in [-0.1, -0.05) is 20.3 Å². The standard InChI is InChI=1S/C16H28N2O3/c1-4-7-13-14(19)18(10-9-12-8-6-11-21-12)16(3,5-2)15(20)17-13/h12-13H,4-11H2,1-3H3,(H,17,20). The van der Waals surface area contributed by atoms with Gasteiger partial charge in [0, 0.05) is 13.2 Å². The number of hydrogen-bond acceptors (Lipinski definition) is 3. The second-order valence-electron chi connectivity index (χ2n) is 6.36. The van der Waals surface area contributed by atoms with Gasteiger partial charge in [-0.2, -0.15) is 0 Å². The third kappa shape index (κ3) is 3.23. The first-order chi connectivity index (χ1) is 10.0. The van der Waals surface area contributed by atoms with Crippen molar-refractivity contribution in [1.29, 1.82) is 0 Å². The van der Waals surface area contributed by atoms with Crippen LogP contribution >= 0.6 is 0 Å². The molecule has 21 heavy (non-hydrogen) atoms. The van der Waals surface area contributed by atoms with E-state index in [2.05, 4.69) is 5.32 Å². The van der Waals surface area contributed by atoms with Crippen molar-refractivity contribution in [2.75, 3.05) is 13.2 Å². The molecule has 2 aliphatic heterocycles. The van der Waals surface area contributed by atoms with Gasteiger partial charge in [0.1, 0.15) is 11.6 Å². The molecule has 2 saturated heterocycles. The van der Waals surface area contributed by atoms with Crippen molar-refractivity contribution >= 4 is 11.8 Å². The highest BCUT2D eigenvalue weighted by Crippen LogP contribution is 2.27. The van der Waals surface area contributed by atoms with Crippen LogP contribution in [0, 0.1) is 0 Å². The van der Waals surface area contributed by atoms with Crippen LogP contribution in [-0.4, -0.2) is 47.6 Å². The van der Waals surface area contributed by atoms with Gasteiger partial charge in [0.05, 0.1) is 6.10 Å². The predicted octanol–water partition coefficient (Wildman–Crippen LogP) is 1.85. The van der Waals surface area contributed by atoms with E-state index in [1.807, 2.05) is 20.8 Å². The fourth-order valence-corrected chi connectivity index (χ4v) is 3.27. The highest BCUT2D eigenvalue weighted by atomic mass is 16.5. The van der Waals surface area contributed by atoms with E-state index >= 15 is 0 Å². The SMILES string of the molecule is CCCC1NC(=O)C(C)(CC)N(CCC2CCCO2)C1=O. The Morgan fingerprint density at radius 3 is 2.67 bits per heavy atom. The van der Waals surface area contributed by atoms with Crippen molar-refractivity contribution in [3.05, 3.63) is 0 Å². The predicted molar refractivity (Wildman–Crippen MR) is 80.8 cm³/mol. The zero-order valence-corrected chi connectivity index (χ0v) is 13.5. The lowest BCUT2D eigenvalue weighted by molar-refractivity contribution is -0.157. The van der Waals surface area contributed by atoms with Gasteiger partial charge in [0.2, 0.25) is 11.8 Å². The first kappa shape index (κ1) is 16.3. The maximum absolute atomic E-state index is 12.7. The quantitative estimate of drug-likeness (QED) is 0.814. The number of nitrogens with one attached hydrogen (secondary N) is 1. The van der Waals surface area contributed by atoms with Gasteiger partial charge >= 0.3 is 0 Å². The van der Waals surface area contributed by atoms with Crippen molar-refractivity contribution in [3.8, 4) is 0 Å². The Balaban J connectivity index is 2.09. The molecule has 0 aromatic rings. The van der Waals surface area contributed by atoms with Crippen molar-refractivity contribution in [3.63, 3.8) is 0 Å². The first-order valence-corrected chi connectivity index (χ1v) is 8.27. The van der Waals surface area contributed by atoms with E-state index in [-0.39, 0.29) is 24.0 Å². The molecule has 0 saturated carbocycles. The van der Waals surface area contributed by atoms with Gasteiger partial charge < -0.3 is 15.0 Å². The van der Waals surface area contributed by atoms with Crippen LogP contribution < -0.4 is 5.32 Å². The fraction of sp³-hybridized carbons (Fsp3) is 0.875. The van der Waals surface area contributed by atoms with E-state index < -0.39 is 5.54 Å². The largest absolute Gasteiger partial charge is 0.378 e. The smallest absolute Gasteiger partial charge is 0.246 e. The summed E-state index contributed by atoms with van der Waals surface area (Å²) in [6.07, 6.45) is 5.47. The van der Waals surface area contributed by atoms with Gasteiger partial charge in [-0.25, -0.2) is 0 Å². The summed E-state index contributed by atoms with van der Waals surface area (Å²) in [6.45, 7) is 7.30. The second-order valence-corrected chi connectivity index (χ2v) is 6.36. The average molecular weight is 296 g/mol. The number of piperazine rings is 1. The highest BCUT2D eigenvalue weighted by molar-refractivity contribution is 5.99. The fourth-order valence-electron chi connectivity index (χ4n) is 3.27. The summed E-state index contributed by atoms with van der Waals surface area (Å²) in [7, 11) is 0. The van der Waals surface area contributed by atoms with Crippen LogP contribution in [0.15, 0.2) is 0 Å². The van der Waals surface area contributed by atoms with E-state index in [0.29, 0.717) is 19.4 Å². The summed E-state index contributed by atoms with van der Waals surface area (Å²) in [5, 5.41) is 2.91. The molecule has 2 rings (SSSR count). The van der Waals surface area contributed by atoms with Gasteiger partial charge in [0.25, 0.3) is 0 Å². The molecule has 5 heteroatoms. The topological polar surface area (TPSA) is 58.6 Å². The minimum Gasteiger partial charge on any atom is -0.378 e. The average Bonchev–Trinajstić information content (AvgIpc) is 2.98. The number of ether oxygens (including phenoxy) is 1. The Labute approximate surface area is 127 Å². The molecule has 5 nitrogen and oxygen atoms in total. The van der Waals surface area contributed by atoms with Crippen molar-refractivity contribution in [1.82, 2.24) is 10.2 Å². The van der Waals surface area contributed by atoms with Gasteiger partial charge in [0.15, 0.2) is 0 Å². The Kier molecular flexibility index (Phi) is 5.25. The monoisotopic (exact) mass is 296 g/mol. The normalized spacial score (nSPS) is 33.4. The summed E-state index contributed by atoms with van der Waals surface area (Å²) in [4.78, 5) is 27.0. The molecule has 0 spiro atoms.